The molecule has 0 bridgehead atoms. The Morgan fingerprint density at radius 3 is 2.59 bits per heavy atom. The minimum atomic E-state index is -0.398. The highest BCUT2D eigenvalue weighted by Crippen LogP contribution is 2.50. The van der Waals surface area contributed by atoms with Crippen molar-refractivity contribution in [2.45, 2.75) is 50.9 Å². The zero-order valence-corrected chi connectivity index (χ0v) is 18.2. The van der Waals surface area contributed by atoms with E-state index in [2.05, 4.69) is 48.0 Å². The van der Waals surface area contributed by atoms with Gasteiger partial charge in [-0.25, -0.2) is 5.01 Å². The van der Waals surface area contributed by atoms with Crippen molar-refractivity contribution in [2.24, 2.45) is 5.10 Å². The first kappa shape index (κ1) is 19.2. The van der Waals surface area contributed by atoms with Gasteiger partial charge in [0.1, 0.15) is 5.75 Å². The number of likely N-dealkylation sites (tertiary alicyclic amines) is 1. The first-order chi connectivity index (χ1) is 14.0. The van der Waals surface area contributed by atoms with E-state index >= 15 is 0 Å². The van der Waals surface area contributed by atoms with Gasteiger partial charge in [0, 0.05) is 54.5 Å². The van der Waals surface area contributed by atoms with Gasteiger partial charge < -0.3 is 9.64 Å². The molecule has 152 valence electrons. The van der Waals surface area contributed by atoms with Crippen LogP contribution >= 0.6 is 23.2 Å². The third-order valence-electron chi connectivity index (χ3n) is 6.46. The number of rotatable bonds is 2. The summed E-state index contributed by atoms with van der Waals surface area (Å²) in [6.45, 7) is 6.53. The smallest absolute Gasteiger partial charge is 0.200 e. The number of fused-ring (bicyclic) bond motifs is 4. The monoisotopic (exact) mass is 429 g/mol. The first-order valence-corrected chi connectivity index (χ1v) is 11.1. The zero-order valence-electron chi connectivity index (χ0n) is 16.7. The van der Waals surface area contributed by atoms with Gasteiger partial charge in [0.25, 0.3) is 0 Å². The van der Waals surface area contributed by atoms with Crippen LogP contribution in [0.25, 0.3) is 0 Å². The van der Waals surface area contributed by atoms with E-state index in [1.807, 2.05) is 12.1 Å². The van der Waals surface area contributed by atoms with Crippen molar-refractivity contribution in [3.8, 4) is 5.75 Å². The summed E-state index contributed by atoms with van der Waals surface area (Å²) in [4.78, 5) is 2.51. The van der Waals surface area contributed by atoms with Gasteiger partial charge in [-0.1, -0.05) is 47.5 Å². The predicted molar refractivity (Wildman–Crippen MR) is 118 cm³/mol. The molecule has 6 heteroatoms. The zero-order chi connectivity index (χ0) is 20.2. The third-order valence-corrected chi connectivity index (χ3v) is 7.01. The van der Waals surface area contributed by atoms with Crippen LogP contribution < -0.4 is 4.74 Å². The van der Waals surface area contributed by atoms with E-state index in [1.165, 1.54) is 5.56 Å². The summed E-state index contributed by atoms with van der Waals surface area (Å²) in [6.07, 6.45) is 2.68. The molecule has 3 aliphatic heterocycles. The number of hydrazone groups is 1. The van der Waals surface area contributed by atoms with Crippen LogP contribution in [-0.4, -0.2) is 40.5 Å². The Kier molecular flexibility index (Phi) is 4.77. The predicted octanol–water partition coefficient (Wildman–Crippen LogP) is 5.74. The Labute approximate surface area is 182 Å². The molecule has 0 amide bonds. The molecule has 1 saturated heterocycles. The lowest BCUT2D eigenvalue weighted by atomic mass is 9.90. The summed E-state index contributed by atoms with van der Waals surface area (Å²) >= 11 is 12.6. The van der Waals surface area contributed by atoms with Gasteiger partial charge in [-0.2, -0.15) is 5.10 Å². The Hall–Kier alpha value is -1.75. The Balaban J connectivity index is 1.55. The number of hydrogen-bond acceptors (Lipinski definition) is 4. The molecule has 1 spiro atoms. The van der Waals surface area contributed by atoms with Crippen molar-refractivity contribution in [2.75, 3.05) is 13.1 Å². The molecule has 1 atom stereocenters. The highest BCUT2D eigenvalue weighted by atomic mass is 35.5. The number of para-hydroxylation sites is 1. The highest BCUT2D eigenvalue weighted by Gasteiger charge is 2.52. The second-order valence-corrected chi connectivity index (χ2v) is 9.29. The number of hydrogen-bond donors (Lipinski definition) is 0. The van der Waals surface area contributed by atoms with Crippen molar-refractivity contribution in [3.05, 3.63) is 63.6 Å². The summed E-state index contributed by atoms with van der Waals surface area (Å²) in [7, 11) is 0. The van der Waals surface area contributed by atoms with E-state index in [9.17, 15) is 0 Å². The molecule has 0 aromatic heterocycles. The van der Waals surface area contributed by atoms with E-state index in [0.29, 0.717) is 16.1 Å². The molecule has 0 saturated carbocycles. The number of piperidine rings is 1. The standard InChI is InChI=1S/C23H25Cl2N3O/c1-15(2)27-11-9-23(10-12-27)28-21(18-5-3-4-6-22(18)29-23)14-20(26-28)17-8-7-16(24)13-19(17)25/h3-8,13,15,21H,9-12,14H2,1-2H3/t21-/m1/s1. The van der Waals surface area contributed by atoms with Crippen LogP contribution in [-0.2, 0) is 0 Å². The van der Waals surface area contributed by atoms with Crippen molar-refractivity contribution in [1.82, 2.24) is 9.91 Å². The Bertz CT molecular complexity index is 966. The fourth-order valence-electron chi connectivity index (χ4n) is 4.84. The average molecular weight is 430 g/mol. The second kappa shape index (κ2) is 7.19. The van der Waals surface area contributed by atoms with E-state index in [0.717, 1.165) is 49.4 Å². The molecule has 2 aromatic rings. The first-order valence-electron chi connectivity index (χ1n) is 10.3. The van der Waals surface area contributed by atoms with Crippen LogP contribution in [0.15, 0.2) is 47.6 Å². The van der Waals surface area contributed by atoms with E-state index in [4.69, 9.17) is 33.0 Å². The molecular weight excluding hydrogens is 405 g/mol. The lowest BCUT2D eigenvalue weighted by Gasteiger charge is -2.51. The normalized spacial score (nSPS) is 23.0. The van der Waals surface area contributed by atoms with Crippen LogP contribution in [0.5, 0.6) is 5.75 Å². The molecular formula is C23H25Cl2N3O. The average Bonchev–Trinajstić information content (AvgIpc) is 3.15. The SMILES string of the molecule is CC(C)N1CCC2(CC1)Oc1ccccc1[C@H]1CC(c3ccc(Cl)cc3Cl)=NN12. The van der Waals surface area contributed by atoms with E-state index < -0.39 is 5.72 Å². The molecule has 2 aromatic carbocycles. The maximum atomic E-state index is 6.67. The fourth-order valence-corrected chi connectivity index (χ4v) is 5.35. The fraction of sp³-hybridized carbons (Fsp3) is 0.435. The maximum absolute atomic E-state index is 6.67. The second-order valence-electron chi connectivity index (χ2n) is 8.45. The van der Waals surface area contributed by atoms with Crippen molar-refractivity contribution < 1.29 is 4.74 Å². The number of ether oxygens (including phenoxy) is 1. The molecule has 0 radical (unpaired) electrons. The van der Waals surface area contributed by atoms with Crippen LogP contribution in [0.4, 0.5) is 0 Å². The van der Waals surface area contributed by atoms with Gasteiger partial charge in [0.2, 0.25) is 5.72 Å². The molecule has 0 N–H and O–H groups in total. The summed E-state index contributed by atoms with van der Waals surface area (Å²) < 4.78 is 6.67. The lowest BCUT2D eigenvalue weighted by molar-refractivity contribution is -0.152. The van der Waals surface area contributed by atoms with Gasteiger partial charge in [-0.3, -0.25) is 0 Å². The summed E-state index contributed by atoms with van der Waals surface area (Å²) in [5, 5.41) is 8.61. The number of halogens is 2. The molecule has 5 rings (SSSR count). The third kappa shape index (κ3) is 3.22. The van der Waals surface area contributed by atoms with Gasteiger partial charge in [0.05, 0.1) is 16.8 Å². The Morgan fingerprint density at radius 2 is 1.86 bits per heavy atom. The molecule has 0 unspecified atom stereocenters. The van der Waals surface area contributed by atoms with Gasteiger partial charge in [-0.15, -0.1) is 0 Å². The molecule has 4 nitrogen and oxygen atoms in total. The molecule has 3 heterocycles. The highest BCUT2D eigenvalue weighted by molar-refractivity contribution is 6.37. The van der Waals surface area contributed by atoms with Crippen LogP contribution in [0.1, 0.15) is 50.3 Å². The minimum Gasteiger partial charge on any atom is -0.466 e. The summed E-state index contributed by atoms with van der Waals surface area (Å²) in [5.74, 6) is 0.991. The summed E-state index contributed by atoms with van der Waals surface area (Å²) in [5.41, 5.74) is 2.76. The van der Waals surface area contributed by atoms with Gasteiger partial charge in [-0.05, 0) is 32.0 Å². The molecule has 1 fully saturated rings. The van der Waals surface area contributed by atoms with E-state index in [1.54, 1.807) is 6.07 Å². The van der Waals surface area contributed by atoms with Crippen LogP contribution in [0, 0.1) is 0 Å². The maximum Gasteiger partial charge on any atom is 0.200 e. The summed E-state index contributed by atoms with van der Waals surface area (Å²) in [6, 6.07) is 14.7. The lowest BCUT2D eigenvalue weighted by Crippen LogP contribution is -2.59. The quantitative estimate of drug-likeness (QED) is 0.609. The minimum absolute atomic E-state index is 0.173. The van der Waals surface area contributed by atoms with E-state index in [-0.39, 0.29) is 6.04 Å². The van der Waals surface area contributed by atoms with Crippen molar-refractivity contribution in [3.63, 3.8) is 0 Å². The molecule has 3 aliphatic rings. The van der Waals surface area contributed by atoms with Crippen molar-refractivity contribution in [1.29, 1.82) is 0 Å². The van der Waals surface area contributed by atoms with Crippen molar-refractivity contribution >= 4 is 28.9 Å². The largest absolute Gasteiger partial charge is 0.466 e. The number of nitrogens with zero attached hydrogens (tertiary/aromatic N) is 3. The van der Waals surface area contributed by atoms with Crippen LogP contribution in [0.2, 0.25) is 10.0 Å². The molecule has 0 aliphatic carbocycles. The number of benzene rings is 2. The van der Waals surface area contributed by atoms with Gasteiger partial charge >= 0.3 is 0 Å². The molecule has 29 heavy (non-hydrogen) atoms. The Morgan fingerprint density at radius 1 is 1.10 bits per heavy atom. The topological polar surface area (TPSA) is 28.1 Å². The van der Waals surface area contributed by atoms with Crippen LogP contribution in [0.3, 0.4) is 0 Å². The van der Waals surface area contributed by atoms with Gasteiger partial charge in [0.15, 0.2) is 0 Å².